The fourth-order valence-corrected chi connectivity index (χ4v) is 0.724. The van der Waals surface area contributed by atoms with Gasteiger partial charge in [0.2, 0.25) is 5.91 Å². The maximum Gasteiger partial charge on any atom is 0.242 e. The molecule has 0 bridgehead atoms. The van der Waals surface area contributed by atoms with Crippen LogP contribution in [0.3, 0.4) is 0 Å². The van der Waals surface area contributed by atoms with Gasteiger partial charge in [-0.05, 0) is 19.1 Å². The van der Waals surface area contributed by atoms with Crippen molar-refractivity contribution in [3.8, 4) is 0 Å². The van der Waals surface area contributed by atoms with Crippen LogP contribution in [0.4, 0.5) is 5.82 Å². The first kappa shape index (κ1) is 9.88. The van der Waals surface area contributed by atoms with Crippen molar-refractivity contribution in [2.24, 2.45) is 5.73 Å². The Morgan fingerprint density at radius 3 is 2.77 bits per heavy atom. The van der Waals surface area contributed by atoms with Gasteiger partial charge in [-0.25, -0.2) is 0 Å². The highest BCUT2D eigenvalue weighted by Gasteiger charge is 2.07. The number of hydrogen-bond donors (Lipinski definition) is 2. The first-order valence-corrected chi connectivity index (χ1v) is 4.03. The normalized spacial score (nSPS) is 12.2. The number of rotatable bonds is 2. The average molecular weight is 201 g/mol. The van der Waals surface area contributed by atoms with Crippen LogP contribution in [0.5, 0.6) is 0 Å². The van der Waals surface area contributed by atoms with Crippen LogP contribution in [-0.4, -0.2) is 22.1 Å². The second kappa shape index (κ2) is 4.15. The second-order valence-electron chi connectivity index (χ2n) is 2.52. The zero-order valence-corrected chi connectivity index (χ0v) is 7.75. The van der Waals surface area contributed by atoms with E-state index < -0.39 is 6.04 Å². The van der Waals surface area contributed by atoms with Gasteiger partial charge < -0.3 is 11.1 Å². The molecule has 0 aliphatic carbocycles. The van der Waals surface area contributed by atoms with Crippen molar-refractivity contribution in [2.75, 3.05) is 5.32 Å². The van der Waals surface area contributed by atoms with Gasteiger partial charge in [-0.3, -0.25) is 4.79 Å². The molecule has 1 atom stereocenters. The molecule has 0 aromatic carbocycles. The molecule has 0 radical (unpaired) electrons. The number of nitrogens with zero attached hydrogens (tertiary/aromatic N) is 2. The predicted octanol–water partition coefficient (Wildman–Crippen LogP) is 0.416. The summed E-state index contributed by atoms with van der Waals surface area (Å²) in [6.07, 6.45) is 0. The van der Waals surface area contributed by atoms with Crippen LogP contribution in [0.25, 0.3) is 0 Å². The van der Waals surface area contributed by atoms with Gasteiger partial charge in [-0.15, -0.1) is 10.2 Å². The molecule has 5 nitrogen and oxygen atoms in total. The molecule has 1 aromatic rings. The number of carbonyl (C=O) groups is 1. The third-order valence-corrected chi connectivity index (χ3v) is 1.50. The summed E-state index contributed by atoms with van der Waals surface area (Å²) in [4.78, 5) is 11.1. The molecule has 1 aromatic heterocycles. The molecule has 1 heterocycles. The Bertz CT molecular complexity index is 298. The van der Waals surface area contributed by atoms with E-state index in [1.165, 1.54) is 6.07 Å². The molecular weight excluding hydrogens is 192 g/mol. The number of hydrogen-bond acceptors (Lipinski definition) is 4. The molecule has 3 N–H and O–H groups in total. The SMILES string of the molecule is CC(N)C(=O)Nc1ccc(Cl)nn1. The number of halogens is 1. The quantitative estimate of drug-likeness (QED) is 0.725. The summed E-state index contributed by atoms with van der Waals surface area (Å²) >= 11 is 5.50. The Morgan fingerprint density at radius 1 is 1.62 bits per heavy atom. The largest absolute Gasteiger partial charge is 0.320 e. The van der Waals surface area contributed by atoms with Crippen LogP contribution >= 0.6 is 11.6 Å². The maximum atomic E-state index is 11.1. The van der Waals surface area contributed by atoms with Gasteiger partial charge >= 0.3 is 0 Å². The predicted molar refractivity (Wildman–Crippen MR) is 49.3 cm³/mol. The monoisotopic (exact) mass is 200 g/mol. The summed E-state index contributed by atoms with van der Waals surface area (Å²) in [6, 6.07) is 2.51. The summed E-state index contributed by atoms with van der Waals surface area (Å²) in [6.45, 7) is 1.58. The van der Waals surface area contributed by atoms with E-state index in [1.54, 1.807) is 13.0 Å². The number of nitrogens with two attached hydrogens (primary N) is 1. The first-order valence-electron chi connectivity index (χ1n) is 3.65. The molecule has 0 fully saturated rings. The molecule has 0 aliphatic heterocycles. The fraction of sp³-hybridized carbons (Fsp3) is 0.286. The van der Waals surface area contributed by atoms with E-state index in [-0.39, 0.29) is 11.1 Å². The van der Waals surface area contributed by atoms with Gasteiger partial charge in [0.15, 0.2) is 11.0 Å². The molecule has 1 unspecified atom stereocenters. The lowest BCUT2D eigenvalue weighted by Crippen LogP contribution is -2.32. The van der Waals surface area contributed by atoms with Gasteiger partial charge in [0.05, 0.1) is 6.04 Å². The second-order valence-corrected chi connectivity index (χ2v) is 2.91. The Hall–Kier alpha value is -1.20. The van der Waals surface area contributed by atoms with E-state index in [9.17, 15) is 4.79 Å². The summed E-state index contributed by atoms with van der Waals surface area (Å²) in [5, 5.41) is 9.93. The summed E-state index contributed by atoms with van der Waals surface area (Å²) in [7, 11) is 0. The van der Waals surface area contributed by atoms with Crippen molar-refractivity contribution in [2.45, 2.75) is 13.0 Å². The smallest absolute Gasteiger partial charge is 0.242 e. The zero-order valence-electron chi connectivity index (χ0n) is 6.99. The minimum absolute atomic E-state index is 0.277. The summed E-state index contributed by atoms with van der Waals surface area (Å²) < 4.78 is 0. The molecule has 13 heavy (non-hydrogen) atoms. The standard InChI is InChI=1S/C7H9ClN4O/c1-4(9)7(13)10-6-3-2-5(8)11-12-6/h2-4H,9H2,1H3,(H,10,12,13). The van der Waals surface area contributed by atoms with Gasteiger partial charge in [0, 0.05) is 0 Å². The average Bonchev–Trinajstić information content (AvgIpc) is 2.08. The summed E-state index contributed by atoms with van der Waals surface area (Å²) in [5.74, 6) is 0.0309. The molecule has 0 saturated carbocycles. The van der Waals surface area contributed by atoms with Crippen molar-refractivity contribution in [3.63, 3.8) is 0 Å². The van der Waals surface area contributed by atoms with E-state index in [4.69, 9.17) is 17.3 Å². The van der Waals surface area contributed by atoms with Crippen molar-refractivity contribution in [3.05, 3.63) is 17.3 Å². The number of carbonyl (C=O) groups excluding carboxylic acids is 1. The lowest BCUT2D eigenvalue weighted by molar-refractivity contribution is -0.117. The zero-order chi connectivity index (χ0) is 9.84. The summed E-state index contributed by atoms with van der Waals surface area (Å²) in [5.41, 5.74) is 5.33. The minimum atomic E-state index is -0.572. The van der Waals surface area contributed by atoms with Gasteiger partial charge in [0.25, 0.3) is 0 Å². The van der Waals surface area contributed by atoms with E-state index in [1.807, 2.05) is 0 Å². The molecule has 70 valence electrons. The van der Waals surface area contributed by atoms with Gasteiger partial charge in [-0.1, -0.05) is 11.6 Å². The Balaban J connectivity index is 2.65. The van der Waals surface area contributed by atoms with Crippen LogP contribution < -0.4 is 11.1 Å². The molecule has 6 heteroatoms. The van der Waals surface area contributed by atoms with Crippen LogP contribution in [0, 0.1) is 0 Å². The first-order chi connectivity index (χ1) is 6.09. The van der Waals surface area contributed by atoms with Crippen molar-refractivity contribution >= 4 is 23.3 Å². The van der Waals surface area contributed by atoms with E-state index >= 15 is 0 Å². The van der Waals surface area contributed by atoms with E-state index in [0.717, 1.165) is 0 Å². The molecule has 0 saturated heterocycles. The van der Waals surface area contributed by atoms with Crippen LogP contribution in [0.2, 0.25) is 5.15 Å². The van der Waals surface area contributed by atoms with E-state index in [0.29, 0.717) is 5.82 Å². The van der Waals surface area contributed by atoms with Crippen LogP contribution in [0.15, 0.2) is 12.1 Å². The van der Waals surface area contributed by atoms with Crippen LogP contribution in [-0.2, 0) is 4.79 Å². The Labute approximate surface area is 80.3 Å². The molecule has 0 aliphatic rings. The van der Waals surface area contributed by atoms with Gasteiger partial charge in [-0.2, -0.15) is 0 Å². The number of anilines is 1. The Morgan fingerprint density at radius 2 is 2.31 bits per heavy atom. The van der Waals surface area contributed by atoms with Crippen molar-refractivity contribution in [1.29, 1.82) is 0 Å². The topological polar surface area (TPSA) is 80.9 Å². The molecule has 1 rings (SSSR count). The Kier molecular flexibility index (Phi) is 3.16. The van der Waals surface area contributed by atoms with Gasteiger partial charge in [0.1, 0.15) is 0 Å². The fourth-order valence-electron chi connectivity index (χ4n) is 0.623. The molecule has 1 amide bonds. The lowest BCUT2D eigenvalue weighted by Gasteiger charge is -2.05. The molecule has 0 spiro atoms. The third-order valence-electron chi connectivity index (χ3n) is 1.30. The molecular formula is C7H9ClN4O. The van der Waals surface area contributed by atoms with Crippen LogP contribution in [0.1, 0.15) is 6.92 Å². The highest BCUT2D eigenvalue weighted by molar-refractivity contribution is 6.29. The highest BCUT2D eigenvalue weighted by atomic mass is 35.5. The number of nitrogens with one attached hydrogen (secondary N) is 1. The maximum absolute atomic E-state index is 11.1. The highest BCUT2D eigenvalue weighted by Crippen LogP contribution is 2.05. The number of amides is 1. The van der Waals surface area contributed by atoms with E-state index in [2.05, 4.69) is 15.5 Å². The minimum Gasteiger partial charge on any atom is -0.320 e. The lowest BCUT2D eigenvalue weighted by atomic mass is 10.3. The van der Waals surface area contributed by atoms with Crippen molar-refractivity contribution < 1.29 is 4.79 Å². The van der Waals surface area contributed by atoms with Crippen molar-refractivity contribution in [1.82, 2.24) is 10.2 Å². The third kappa shape index (κ3) is 2.96. The number of aromatic nitrogens is 2.